The zero-order chi connectivity index (χ0) is 17.5. The Kier molecular flexibility index (Phi) is 4.86. The van der Waals surface area contributed by atoms with Gasteiger partial charge < -0.3 is 5.73 Å². The van der Waals surface area contributed by atoms with Crippen LogP contribution in [0.3, 0.4) is 0 Å². The molecule has 1 fully saturated rings. The largest absolute Gasteiger partial charge is 0.326 e. The molecule has 0 bridgehead atoms. The average molecular weight is 389 g/mol. The maximum Gasteiger partial charge on any atom is 0.246 e. The quantitative estimate of drug-likeness (QED) is 0.877. The molecule has 0 aromatic heterocycles. The standard InChI is InChI=1S/C16H15Cl2FN2O2S/c17-13-6-11(19)7-14(18)16(13)24(22,23)21-8-12(15(20)9-21)10-4-2-1-3-5-10/h1-7,12,15H,8-9,20H2/t12-,15+/m0/s1. The van der Waals surface area contributed by atoms with Gasteiger partial charge in [0.15, 0.2) is 0 Å². The van der Waals surface area contributed by atoms with Gasteiger partial charge in [-0.3, -0.25) is 0 Å². The second-order valence-electron chi connectivity index (χ2n) is 5.70. The second-order valence-corrected chi connectivity index (χ2v) is 8.39. The molecular weight excluding hydrogens is 374 g/mol. The maximum atomic E-state index is 13.3. The molecule has 2 aromatic carbocycles. The van der Waals surface area contributed by atoms with Crippen LogP contribution in [0.2, 0.25) is 10.0 Å². The van der Waals surface area contributed by atoms with E-state index in [-0.39, 0.29) is 40.0 Å². The zero-order valence-electron chi connectivity index (χ0n) is 12.5. The molecule has 1 heterocycles. The van der Waals surface area contributed by atoms with Gasteiger partial charge in [0.25, 0.3) is 0 Å². The lowest BCUT2D eigenvalue weighted by Gasteiger charge is -2.18. The SMILES string of the molecule is N[C@@H]1CN(S(=O)(=O)c2c(Cl)cc(F)cc2Cl)C[C@H]1c1ccccc1. The molecule has 2 atom stereocenters. The van der Waals surface area contributed by atoms with Gasteiger partial charge in [0.2, 0.25) is 10.0 Å². The van der Waals surface area contributed by atoms with Gasteiger partial charge >= 0.3 is 0 Å². The minimum absolute atomic E-state index is 0.126. The molecule has 128 valence electrons. The van der Waals surface area contributed by atoms with Gasteiger partial charge in [-0.2, -0.15) is 4.31 Å². The molecule has 1 aliphatic rings. The van der Waals surface area contributed by atoms with E-state index in [4.69, 9.17) is 28.9 Å². The van der Waals surface area contributed by atoms with E-state index in [1.807, 2.05) is 30.3 Å². The number of nitrogens with zero attached hydrogens (tertiary/aromatic N) is 1. The number of halogens is 3. The molecule has 4 nitrogen and oxygen atoms in total. The molecule has 1 aliphatic heterocycles. The molecule has 0 unspecified atom stereocenters. The van der Waals surface area contributed by atoms with Crippen LogP contribution < -0.4 is 5.73 Å². The minimum atomic E-state index is -3.97. The number of hydrogen-bond donors (Lipinski definition) is 1. The van der Waals surface area contributed by atoms with E-state index >= 15 is 0 Å². The highest BCUT2D eigenvalue weighted by atomic mass is 35.5. The number of hydrogen-bond acceptors (Lipinski definition) is 3. The Morgan fingerprint density at radius 1 is 1.08 bits per heavy atom. The van der Waals surface area contributed by atoms with Crippen LogP contribution in [0, 0.1) is 5.82 Å². The summed E-state index contributed by atoms with van der Waals surface area (Å²) in [5, 5.41) is -0.478. The number of benzene rings is 2. The van der Waals surface area contributed by atoms with Gasteiger partial charge in [-0.1, -0.05) is 53.5 Å². The van der Waals surface area contributed by atoms with Gasteiger partial charge in [-0.05, 0) is 17.7 Å². The minimum Gasteiger partial charge on any atom is -0.326 e. The van der Waals surface area contributed by atoms with E-state index in [2.05, 4.69) is 0 Å². The molecule has 0 saturated carbocycles. The van der Waals surface area contributed by atoms with Gasteiger partial charge in [0, 0.05) is 25.0 Å². The van der Waals surface area contributed by atoms with Crippen molar-refractivity contribution in [1.82, 2.24) is 4.31 Å². The summed E-state index contributed by atoms with van der Waals surface area (Å²) < 4.78 is 40.3. The van der Waals surface area contributed by atoms with Gasteiger partial charge in [0.05, 0.1) is 10.0 Å². The highest BCUT2D eigenvalue weighted by molar-refractivity contribution is 7.89. The van der Waals surface area contributed by atoms with E-state index < -0.39 is 15.8 Å². The van der Waals surface area contributed by atoms with E-state index in [9.17, 15) is 12.8 Å². The average Bonchev–Trinajstić information content (AvgIpc) is 2.89. The third-order valence-electron chi connectivity index (χ3n) is 4.12. The maximum absolute atomic E-state index is 13.3. The van der Waals surface area contributed by atoms with Gasteiger partial charge in [-0.25, -0.2) is 12.8 Å². The molecule has 2 N–H and O–H groups in total. The summed E-state index contributed by atoms with van der Waals surface area (Å²) in [6.45, 7) is 0.365. The third-order valence-corrected chi connectivity index (χ3v) is 6.87. The molecule has 0 aliphatic carbocycles. The van der Waals surface area contributed by atoms with E-state index in [0.29, 0.717) is 0 Å². The Balaban J connectivity index is 1.95. The van der Waals surface area contributed by atoms with Crippen molar-refractivity contribution in [2.24, 2.45) is 5.73 Å². The first-order valence-electron chi connectivity index (χ1n) is 7.26. The number of sulfonamides is 1. The molecule has 1 saturated heterocycles. The molecule has 0 radical (unpaired) electrons. The first-order valence-corrected chi connectivity index (χ1v) is 9.45. The van der Waals surface area contributed by atoms with Crippen molar-refractivity contribution in [2.45, 2.75) is 16.9 Å². The van der Waals surface area contributed by atoms with Gasteiger partial charge in [-0.15, -0.1) is 0 Å². The lowest BCUT2D eigenvalue weighted by atomic mass is 9.95. The van der Waals surface area contributed by atoms with Crippen LogP contribution in [0.15, 0.2) is 47.4 Å². The topological polar surface area (TPSA) is 63.4 Å². The highest BCUT2D eigenvalue weighted by Crippen LogP contribution is 2.36. The molecule has 24 heavy (non-hydrogen) atoms. The van der Waals surface area contributed by atoms with Gasteiger partial charge in [0.1, 0.15) is 10.7 Å². The molecule has 8 heteroatoms. The predicted molar refractivity (Wildman–Crippen MR) is 92.3 cm³/mol. The lowest BCUT2D eigenvalue weighted by molar-refractivity contribution is 0.470. The first-order chi connectivity index (χ1) is 11.3. The molecule has 0 amide bonds. The van der Waals surface area contributed by atoms with Crippen molar-refractivity contribution in [3.8, 4) is 0 Å². The Bertz CT molecular complexity index is 839. The zero-order valence-corrected chi connectivity index (χ0v) is 14.8. The van der Waals surface area contributed by atoms with Crippen molar-refractivity contribution < 1.29 is 12.8 Å². The lowest BCUT2D eigenvalue weighted by Crippen LogP contribution is -2.32. The summed E-state index contributed by atoms with van der Waals surface area (Å²) in [7, 11) is -3.97. The molecular formula is C16H15Cl2FN2O2S. The van der Waals surface area contributed by atoms with Crippen molar-refractivity contribution in [3.63, 3.8) is 0 Å². The van der Waals surface area contributed by atoms with Crippen LogP contribution in [-0.4, -0.2) is 31.9 Å². The fraction of sp³-hybridized carbons (Fsp3) is 0.250. The Hall–Kier alpha value is -1.18. The summed E-state index contributed by atoms with van der Waals surface area (Å²) in [5.74, 6) is -0.816. The highest BCUT2D eigenvalue weighted by Gasteiger charge is 2.40. The van der Waals surface area contributed by atoms with Crippen LogP contribution in [0.5, 0.6) is 0 Å². The van der Waals surface area contributed by atoms with Crippen LogP contribution in [-0.2, 0) is 10.0 Å². The second kappa shape index (κ2) is 6.61. The summed E-state index contributed by atoms with van der Waals surface area (Å²) in [6.07, 6.45) is 0. The van der Waals surface area contributed by atoms with Crippen LogP contribution in [0.4, 0.5) is 4.39 Å². The fourth-order valence-corrected chi connectivity index (χ4v) is 5.58. The Morgan fingerprint density at radius 3 is 2.25 bits per heavy atom. The van der Waals surface area contributed by atoms with Crippen molar-refractivity contribution in [3.05, 3.63) is 63.9 Å². The smallest absolute Gasteiger partial charge is 0.246 e. The number of nitrogens with two attached hydrogens (primary N) is 1. The van der Waals surface area contributed by atoms with E-state index in [1.165, 1.54) is 4.31 Å². The number of rotatable bonds is 3. The normalized spacial score (nSPS) is 22.0. The Labute approximate surface area is 150 Å². The molecule has 0 spiro atoms. The summed E-state index contributed by atoms with van der Waals surface area (Å²) in [5.41, 5.74) is 7.12. The summed E-state index contributed by atoms with van der Waals surface area (Å²) in [6, 6.07) is 11.0. The van der Waals surface area contributed by atoms with E-state index in [1.54, 1.807) is 0 Å². The van der Waals surface area contributed by atoms with E-state index in [0.717, 1.165) is 17.7 Å². The Morgan fingerprint density at radius 2 is 1.67 bits per heavy atom. The first kappa shape index (κ1) is 17.6. The van der Waals surface area contributed by atoms with Crippen LogP contribution in [0.25, 0.3) is 0 Å². The third kappa shape index (κ3) is 3.17. The monoisotopic (exact) mass is 388 g/mol. The summed E-state index contributed by atoms with van der Waals surface area (Å²) in [4.78, 5) is -0.284. The summed E-state index contributed by atoms with van der Waals surface area (Å²) >= 11 is 11.9. The van der Waals surface area contributed by atoms with Crippen LogP contribution in [0.1, 0.15) is 11.5 Å². The predicted octanol–water partition coefficient (Wildman–Crippen LogP) is 3.25. The molecule has 3 rings (SSSR count). The van der Waals surface area contributed by atoms with Crippen molar-refractivity contribution >= 4 is 33.2 Å². The molecule has 2 aromatic rings. The van der Waals surface area contributed by atoms with Crippen molar-refractivity contribution in [2.75, 3.05) is 13.1 Å². The van der Waals surface area contributed by atoms with Crippen LogP contribution >= 0.6 is 23.2 Å². The van der Waals surface area contributed by atoms with Crippen molar-refractivity contribution in [1.29, 1.82) is 0 Å². The fourth-order valence-electron chi connectivity index (χ4n) is 2.95.